The molecule has 0 atom stereocenters. The molecule has 0 fully saturated rings. The number of carbonyl (C=O) groups excluding carboxylic acids is 1. The Balaban J connectivity index is 2.33. The average Bonchev–Trinajstić information content (AvgIpc) is 2.46. The number of rotatable bonds is 5. The predicted molar refractivity (Wildman–Crippen MR) is 91.4 cm³/mol. The maximum absolute atomic E-state index is 12.5. The van der Waals surface area contributed by atoms with E-state index in [1.807, 2.05) is 55.1 Å². The van der Waals surface area contributed by atoms with Crippen molar-refractivity contribution in [1.29, 1.82) is 0 Å². The third kappa shape index (κ3) is 4.18. The highest BCUT2D eigenvalue weighted by molar-refractivity contribution is 9.10. The minimum atomic E-state index is 0.173. The van der Waals surface area contributed by atoms with Crippen LogP contribution < -0.4 is 4.90 Å². The number of hydrogen-bond donors (Lipinski definition) is 0. The number of amides is 1. The van der Waals surface area contributed by atoms with Gasteiger partial charge in [-0.2, -0.15) is 0 Å². The molecule has 0 aliphatic rings. The van der Waals surface area contributed by atoms with Gasteiger partial charge >= 0.3 is 0 Å². The summed E-state index contributed by atoms with van der Waals surface area (Å²) in [6, 6.07) is 16.1. The molecule has 0 aliphatic heterocycles. The number of anilines is 1. The molecule has 0 radical (unpaired) electrons. The van der Waals surface area contributed by atoms with Crippen LogP contribution in [0.3, 0.4) is 0 Å². The molecule has 0 unspecified atom stereocenters. The molecule has 1 amide bonds. The van der Waals surface area contributed by atoms with Crippen LogP contribution in [-0.4, -0.2) is 5.91 Å². The fraction of sp³-hybridized carbons (Fsp3) is 0.278. The van der Waals surface area contributed by atoms with Gasteiger partial charge in [0.1, 0.15) is 0 Å². The molecule has 0 saturated heterocycles. The van der Waals surface area contributed by atoms with Gasteiger partial charge in [0.05, 0.1) is 6.54 Å². The van der Waals surface area contributed by atoms with E-state index in [1.165, 1.54) is 0 Å². The molecule has 0 aromatic heterocycles. The summed E-state index contributed by atoms with van der Waals surface area (Å²) in [5.74, 6) is 0.173. The molecule has 2 nitrogen and oxygen atoms in total. The molecule has 2 aromatic rings. The average molecular weight is 346 g/mol. The van der Waals surface area contributed by atoms with Crippen molar-refractivity contribution in [3.63, 3.8) is 0 Å². The zero-order valence-corrected chi connectivity index (χ0v) is 14.1. The van der Waals surface area contributed by atoms with E-state index in [2.05, 4.69) is 28.1 Å². The number of carbonyl (C=O) groups is 1. The predicted octanol–water partition coefficient (Wildman–Crippen LogP) is 5.09. The van der Waals surface area contributed by atoms with E-state index in [1.54, 1.807) is 0 Å². The first-order valence-corrected chi connectivity index (χ1v) is 8.01. The van der Waals surface area contributed by atoms with E-state index in [0.29, 0.717) is 13.0 Å². The van der Waals surface area contributed by atoms with E-state index in [0.717, 1.165) is 27.7 Å². The SMILES string of the molecule is CCCC(=O)N(Cc1cccc(Br)c1)c1ccccc1C. The monoisotopic (exact) mass is 345 g/mol. The van der Waals surface area contributed by atoms with E-state index in [-0.39, 0.29) is 5.91 Å². The van der Waals surface area contributed by atoms with Crippen LogP contribution in [0.2, 0.25) is 0 Å². The number of para-hydroxylation sites is 1. The van der Waals surface area contributed by atoms with E-state index >= 15 is 0 Å². The lowest BCUT2D eigenvalue weighted by Gasteiger charge is -2.25. The van der Waals surface area contributed by atoms with E-state index in [9.17, 15) is 4.79 Å². The molecular weight excluding hydrogens is 326 g/mol. The maximum atomic E-state index is 12.5. The highest BCUT2D eigenvalue weighted by Gasteiger charge is 2.17. The van der Waals surface area contributed by atoms with Crippen LogP contribution in [0.25, 0.3) is 0 Å². The van der Waals surface area contributed by atoms with Crippen molar-refractivity contribution >= 4 is 27.5 Å². The van der Waals surface area contributed by atoms with Gasteiger partial charge in [-0.15, -0.1) is 0 Å². The second kappa shape index (κ2) is 7.41. The van der Waals surface area contributed by atoms with Gasteiger partial charge in [-0.25, -0.2) is 0 Å². The molecule has 110 valence electrons. The van der Waals surface area contributed by atoms with Crippen LogP contribution in [0.5, 0.6) is 0 Å². The highest BCUT2D eigenvalue weighted by Crippen LogP contribution is 2.24. The van der Waals surface area contributed by atoms with Gasteiger partial charge in [0.15, 0.2) is 0 Å². The molecule has 21 heavy (non-hydrogen) atoms. The summed E-state index contributed by atoms with van der Waals surface area (Å²) in [4.78, 5) is 14.4. The van der Waals surface area contributed by atoms with Crippen molar-refractivity contribution < 1.29 is 4.79 Å². The van der Waals surface area contributed by atoms with Gasteiger partial charge in [0, 0.05) is 16.6 Å². The minimum Gasteiger partial charge on any atom is -0.308 e. The van der Waals surface area contributed by atoms with Gasteiger partial charge in [0.2, 0.25) is 5.91 Å². The smallest absolute Gasteiger partial charge is 0.227 e. The fourth-order valence-corrected chi connectivity index (χ4v) is 2.79. The molecule has 0 heterocycles. The summed E-state index contributed by atoms with van der Waals surface area (Å²) in [6.07, 6.45) is 1.43. The van der Waals surface area contributed by atoms with Crippen molar-refractivity contribution in [3.8, 4) is 0 Å². The van der Waals surface area contributed by atoms with Crippen LogP contribution >= 0.6 is 15.9 Å². The number of hydrogen-bond acceptors (Lipinski definition) is 1. The van der Waals surface area contributed by atoms with Crippen molar-refractivity contribution in [3.05, 3.63) is 64.1 Å². The molecule has 0 saturated carbocycles. The molecule has 2 aromatic carbocycles. The highest BCUT2D eigenvalue weighted by atomic mass is 79.9. The number of aryl methyl sites for hydroxylation is 1. The van der Waals surface area contributed by atoms with Crippen LogP contribution in [0.1, 0.15) is 30.9 Å². The normalized spacial score (nSPS) is 10.4. The first-order valence-electron chi connectivity index (χ1n) is 7.22. The summed E-state index contributed by atoms with van der Waals surface area (Å²) in [7, 11) is 0. The molecule has 3 heteroatoms. The maximum Gasteiger partial charge on any atom is 0.227 e. The molecule has 2 rings (SSSR count). The number of benzene rings is 2. The number of nitrogens with zero attached hydrogens (tertiary/aromatic N) is 1. The Labute approximate surface area is 134 Å². The second-order valence-electron chi connectivity index (χ2n) is 5.15. The molecule has 0 spiro atoms. The second-order valence-corrected chi connectivity index (χ2v) is 6.06. The Morgan fingerprint density at radius 1 is 1.14 bits per heavy atom. The Bertz CT molecular complexity index is 624. The fourth-order valence-electron chi connectivity index (χ4n) is 2.34. The van der Waals surface area contributed by atoms with Gasteiger partial charge in [-0.05, 0) is 42.7 Å². The topological polar surface area (TPSA) is 20.3 Å². The minimum absolute atomic E-state index is 0.173. The summed E-state index contributed by atoms with van der Waals surface area (Å²) in [5, 5.41) is 0. The van der Waals surface area contributed by atoms with Gasteiger partial charge < -0.3 is 4.90 Å². The standard InChI is InChI=1S/C18H20BrNO/c1-3-7-18(21)20(17-11-5-4-8-14(17)2)13-15-9-6-10-16(19)12-15/h4-6,8-12H,3,7,13H2,1-2H3. The van der Waals surface area contributed by atoms with Gasteiger partial charge in [0.25, 0.3) is 0 Å². The van der Waals surface area contributed by atoms with Crippen molar-refractivity contribution in [2.75, 3.05) is 4.90 Å². The van der Waals surface area contributed by atoms with Crippen molar-refractivity contribution in [2.45, 2.75) is 33.2 Å². The largest absolute Gasteiger partial charge is 0.308 e. The summed E-state index contributed by atoms with van der Waals surface area (Å²) in [5.41, 5.74) is 3.24. The van der Waals surface area contributed by atoms with Gasteiger partial charge in [-0.3, -0.25) is 4.79 Å². The van der Waals surface area contributed by atoms with Crippen LogP contribution in [0, 0.1) is 6.92 Å². The van der Waals surface area contributed by atoms with Crippen molar-refractivity contribution in [1.82, 2.24) is 0 Å². The molecule has 0 aliphatic carbocycles. The lowest BCUT2D eigenvalue weighted by molar-refractivity contribution is -0.118. The molecular formula is C18H20BrNO. The summed E-state index contributed by atoms with van der Waals surface area (Å²) >= 11 is 3.49. The van der Waals surface area contributed by atoms with Crippen molar-refractivity contribution in [2.24, 2.45) is 0 Å². The van der Waals surface area contributed by atoms with Crippen LogP contribution in [-0.2, 0) is 11.3 Å². The number of halogens is 1. The van der Waals surface area contributed by atoms with E-state index in [4.69, 9.17) is 0 Å². The molecule has 0 N–H and O–H groups in total. The Morgan fingerprint density at radius 3 is 2.57 bits per heavy atom. The summed E-state index contributed by atoms with van der Waals surface area (Å²) < 4.78 is 1.03. The Kier molecular flexibility index (Phi) is 5.57. The lowest BCUT2D eigenvalue weighted by atomic mass is 10.1. The third-order valence-electron chi connectivity index (χ3n) is 3.40. The Morgan fingerprint density at radius 2 is 1.90 bits per heavy atom. The zero-order valence-electron chi connectivity index (χ0n) is 12.5. The van der Waals surface area contributed by atoms with E-state index < -0.39 is 0 Å². The molecule has 0 bridgehead atoms. The summed E-state index contributed by atoms with van der Waals surface area (Å²) in [6.45, 7) is 4.68. The third-order valence-corrected chi connectivity index (χ3v) is 3.89. The lowest BCUT2D eigenvalue weighted by Crippen LogP contribution is -2.30. The first kappa shape index (κ1) is 15.8. The van der Waals surface area contributed by atoms with Crippen LogP contribution in [0.15, 0.2) is 53.0 Å². The Hall–Kier alpha value is -1.61. The quantitative estimate of drug-likeness (QED) is 0.738. The zero-order chi connectivity index (χ0) is 15.2. The van der Waals surface area contributed by atoms with Crippen LogP contribution in [0.4, 0.5) is 5.69 Å². The van der Waals surface area contributed by atoms with Gasteiger partial charge in [-0.1, -0.05) is 53.2 Å². The first-order chi connectivity index (χ1) is 10.1.